The highest BCUT2D eigenvalue weighted by Gasteiger charge is 2.38. The van der Waals surface area contributed by atoms with Crippen molar-refractivity contribution in [1.82, 2.24) is 16.1 Å². The number of carbonyl (C=O) groups excluding carboxylic acids is 2. The smallest absolute Gasteiger partial charge is 0.327 e. The van der Waals surface area contributed by atoms with Gasteiger partial charge in [-0.25, -0.2) is 8.42 Å². The van der Waals surface area contributed by atoms with Crippen molar-refractivity contribution in [2.75, 3.05) is 22.2 Å². The Bertz CT molecular complexity index is 1980. The van der Waals surface area contributed by atoms with Crippen molar-refractivity contribution in [3.8, 4) is 0 Å². The highest BCUT2D eigenvalue weighted by Crippen LogP contribution is 2.30. The average Bonchev–Trinajstić information content (AvgIpc) is 3.08. The van der Waals surface area contributed by atoms with Gasteiger partial charge in [0.15, 0.2) is 0 Å². The van der Waals surface area contributed by atoms with Crippen molar-refractivity contribution in [3.05, 3.63) is 119 Å². The molecule has 4 aromatic rings. The number of hydrogen-bond donors (Lipinski definition) is 6. The fourth-order valence-corrected chi connectivity index (χ4v) is 8.12. The molecule has 0 radical (unpaired) electrons. The lowest BCUT2D eigenvalue weighted by Crippen LogP contribution is -2.63. The number of halogens is 1. The van der Waals surface area contributed by atoms with Crippen LogP contribution in [0.4, 0.5) is 17.1 Å². The molecule has 1 fully saturated rings. The summed E-state index contributed by atoms with van der Waals surface area (Å²) in [5.74, 6) is -1.79. The second-order valence-electron chi connectivity index (χ2n) is 14.0. The second kappa shape index (κ2) is 16.4. The van der Waals surface area contributed by atoms with E-state index in [1.807, 2.05) is 54.6 Å². The third-order valence-corrected chi connectivity index (χ3v) is 10.4. The van der Waals surface area contributed by atoms with Crippen molar-refractivity contribution < 1.29 is 22.8 Å². The molecule has 0 spiro atoms. The van der Waals surface area contributed by atoms with Gasteiger partial charge in [0.05, 0.1) is 16.3 Å². The Morgan fingerprint density at radius 1 is 0.827 bits per heavy atom. The van der Waals surface area contributed by atoms with E-state index < -0.39 is 21.8 Å². The third kappa shape index (κ3) is 10.7. The van der Waals surface area contributed by atoms with Gasteiger partial charge >= 0.3 is 11.8 Å². The maximum atomic E-state index is 13.3. The second-order valence-corrected chi connectivity index (χ2v) is 16.7. The number of nitrogens with one attached hydrogen (secondary N) is 6. The standard InChI is InChI=1S/C38H43ClN6O5S2/c1-37(2)22-31(23-38(3,4)45-37)40-35(46)36(47)42-41-28-17-19-29(20-18-28)44-52(48,49)32-12-8-11-30(21-32)43-50-24-33(51)34(25-9-6-5-7-10-25)26-13-15-27(39)16-14-26/h5-21,31,34,41,43-45H,22-24H2,1-4H3,(H,40,46)(H,42,47). The van der Waals surface area contributed by atoms with Crippen LogP contribution in [0.15, 0.2) is 108 Å². The summed E-state index contributed by atoms with van der Waals surface area (Å²) in [4.78, 5) is 31.4. The van der Waals surface area contributed by atoms with E-state index >= 15 is 0 Å². The molecule has 0 bridgehead atoms. The van der Waals surface area contributed by atoms with E-state index in [0.717, 1.165) is 11.1 Å². The molecule has 11 nitrogen and oxygen atoms in total. The molecular formula is C38H43ClN6O5S2. The monoisotopic (exact) mass is 762 g/mol. The number of sulfonamides is 1. The van der Waals surface area contributed by atoms with Crippen LogP contribution in [0.1, 0.15) is 57.6 Å². The molecule has 0 aromatic heterocycles. The van der Waals surface area contributed by atoms with Crippen molar-refractivity contribution in [2.45, 2.75) is 68.5 Å². The minimum atomic E-state index is -3.98. The number of thiocarbonyl (C=S) groups is 1. The summed E-state index contributed by atoms with van der Waals surface area (Å²) < 4.78 is 29.1. The quantitative estimate of drug-likeness (QED) is 0.0506. The molecule has 6 N–H and O–H groups in total. The first-order valence-corrected chi connectivity index (χ1v) is 19.0. The van der Waals surface area contributed by atoms with Gasteiger partial charge in [-0.15, -0.1) is 0 Å². The SMILES string of the molecule is CC1(C)CC(NC(=O)C(=O)NNc2ccc(NS(=O)(=O)c3cccc(NOCC(=S)C(c4ccccc4)c4ccc(Cl)cc4)c3)cc2)CC(C)(C)N1. The number of hydrazine groups is 1. The van der Waals surface area contributed by atoms with Crippen LogP contribution in [-0.2, 0) is 24.4 Å². The average molecular weight is 763 g/mol. The first kappa shape index (κ1) is 38.7. The van der Waals surface area contributed by atoms with E-state index in [0.29, 0.717) is 39.8 Å². The van der Waals surface area contributed by atoms with E-state index in [9.17, 15) is 18.0 Å². The van der Waals surface area contributed by atoms with Gasteiger partial charge in [0.2, 0.25) is 0 Å². The van der Waals surface area contributed by atoms with Gasteiger partial charge in [0.25, 0.3) is 10.0 Å². The van der Waals surface area contributed by atoms with Crippen molar-refractivity contribution in [3.63, 3.8) is 0 Å². The Balaban J connectivity index is 1.12. The summed E-state index contributed by atoms with van der Waals surface area (Å²) in [6.45, 7) is 8.33. The largest absolute Gasteiger partial charge is 0.345 e. The molecule has 14 heteroatoms. The number of carbonyl (C=O) groups is 2. The lowest BCUT2D eigenvalue weighted by Gasteiger charge is -2.46. The Hall–Kier alpha value is -4.53. The van der Waals surface area contributed by atoms with Crippen LogP contribution < -0.4 is 31.7 Å². The molecule has 4 aromatic carbocycles. The summed E-state index contributed by atoms with van der Waals surface area (Å²) in [6, 6.07) is 29.6. The highest BCUT2D eigenvalue weighted by molar-refractivity contribution is 7.92. The summed E-state index contributed by atoms with van der Waals surface area (Å²) in [5, 5.41) is 7.00. The minimum absolute atomic E-state index is 0.00741. The molecule has 274 valence electrons. The van der Waals surface area contributed by atoms with Gasteiger partial charge < -0.3 is 10.6 Å². The zero-order chi connectivity index (χ0) is 37.5. The Morgan fingerprint density at radius 3 is 2.10 bits per heavy atom. The number of piperidine rings is 1. The first-order chi connectivity index (χ1) is 24.6. The summed E-state index contributed by atoms with van der Waals surface area (Å²) in [7, 11) is -3.98. The van der Waals surface area contributed by atoms with Crippen LogP contribution >= 0.6 is 23.8 Å². The topological polar surface area (TPSA) is 150 Å². The lowest BCUT2D eigenvalue weighted by molar-refractivity contribution is -0.139. The van der Waals surface area contributed by atoms with Gasteiger partial charge in [-0.05, 0) is 106 Å². The molecule has 52 heavy (non-hydrogen) atoms. The van der Waals surface area contributed by atoms with Crippen LogP contribution in [0.5, 0.6) is 0 Å². The van der Waals surface area contributed by atoms with Gasteiger partial charge in [-0.3, -0.25) is 35.5 Å². The number of amides is 2. The van der Waals surface area contributed by atoms with Crippen LogP contribution in [0.3, 0.4) is 0 Å². The van der Waals surface area contributed by atoms with Crippen molar-refractivity contribution >= 4 is 67.6 Å². The summed E-state index contributed by atoms with van der Waals surface area (Å²) >= 11 is 11.9. The molecular weight excluding hydrogens is 720 g/mol. The normalized spacial score (nSPS) is 15.9. The zero-order valence-corrected chi connectivity index (χ0v) is 31.7. The van der Waals surface area contributed by atoms with E-state index in [1.54, 1.807) is 24.3 Å². The molecule has 1 unspecified atom stereocenters. The van der Waals surface area contributed by atoms with Crippen molar-refractivity contribution in [1.29, 1.82) is 0 Å². The van der Waals surface area contributed by atoms with Crippen LogP contribution in [0, 0.1) is 0 Å². The molecule has 2 amide bonds. The zero-order valence-electron chi connectivity index (χ0n) is 29.3. The lowest BCUT2D eigenvalue weighted by atomic mass is 9.79. The first-order valence-electron chi connectivity index (χ1n) is 16.7. The molecule has 1 aliphatic heterocycles. The Morgan fingerprint density at radius 2 is 1.44 bits per heavy atom. The fourth-order valence-electron chi connectivity index (χ4n) is 6.56. The molecule has 1 aliphatic rings. The van der Waals surface area contributed by atoms with Crippen LogP contribution in [-0.4, -0.2) is 48.8 Å². The van der Waals surface area contributed by atoms with Crippen LogP contribution in [0.2, 0.25) is 5.02 Å². The summed E-state index contributed by atoms with van der Waals surface area (Å²) in [6.07, 6.45) is 1.37. The maximum absolute atomic E-state index is 13.3. The van der Waals surface area contributed by atoms with E-state index in [-0.39, 0.29) is 34.5 Å². The van der Waals surface area contributed by atoms with E-state index in [4.69, 9.17) is 28.7 Å². The van der Waals surface area contributed by atoms with Gasteiger partial charge in [0.1, 0.15) is 6.61 Å². The van der Waals surface area contributed by atoms with Crippen LogP contribution in [0.25, 0.3) is 0 Å². The number of anilines is 3. The van der Waals surface area contributed by atoms with E-state index in [2.05, 4.69) is 59.4 Å². The Labute approximate surface area is 315 Å². The number of benzene rings is 4. The maximum Gasteiger partial charge on any atom is 0.327 e. The predicted octanol–water partition coefficient (Wildman–Crippen LogP) is 6.55. The van der Waals surface area contributed by atoms with Gasteiger partial charge in [-0.2, -0.15) is 0 Å². The molecule has 1 saturated heterocycles. The third-order valence-electron chi connectivity index (χ3n) is 8.40. The minimum Gasteiger partial charge on any atom is -0.345 e. The number of hydrogen-bond acceptors (Lipinski definition) is 9. The molecule has 0 aliphatic carbocycles. The van der Waals surface area contributed by atoms with Crippen molar-refractivity contribution in [2.24, 2.45) is 0 Å². The molecule has 1 heterocycles. The number of rotatable bonds is 13. The summed E-state index contributed by atoms with van der Waals surface area (Å²) in [5.41, 5.74) is 10.7. The van der Waals surface area contributed by atoms with Gasteiger partial charge in [0, 0.05) is 38.6 Å². The molecule has 1 atom stereocenters. The fraction of sp³-hybridized carbons (Fsp3) is 0.289. The highest BCUT2D eigenvalue weighted by atomic mass is 35.5. The van der Waals surface area contributed by atoms with Gasteiger partial charge in [-0.1, -0.05) is 72.3 Å². The molecule has 0 saturated carbocycles. The Kier molecular flexibility index (Phi) is 12.2. The van der Waals surface area contributed by atoms with E-state index in [1.165, 1.54) is 24.3 Å². The molecule has 5 rings (SSSR count). The predicted molar refractivity (Wildman–Crippen MR) is 210 cm³/mol.